The number of hydrogen-bond donors (Lipinski definition) is 1. The van der Waals surface area contributed by atoms with Gasteiger partial charge in [-0.05, 0) is 25.1 Å². The minimum Gasteiger partial charge on any atom is -0.462 e. The van der Waals surface area contributed by atoms with E-state index in [1.165, 1.54) is 0 Å². The molecule has 0 aromatic heterocycles. The Balaban J connectivity index is 2.31. The lowest BCUT2D eigenvalue weighted by Gasteiger charge is -2.30. The van der Waals surface area contributed by atoms with Gasteiger partial charge in [0.1, 0.15) is 0 Å². The first-order chi connectivity index (χ1) is 11.3. The van der Waals surface area contributed by atoms with Crippen molar-refractivity contribution < 1.29 is 19.1 Å². The molecule has 0 spiro atoms. The van der Waals surface area contributed by atoms with E-state index in [-0.39, 0.29) is 11.9 Å². The Hall–Kier alpha value is -2.08. The zero-order valence-corrected chi connectivity index (χ0v) is 14.8. The molecule has 0 unspecified atom stereocenters. The highest BCUT2D eigenvalue weighted by atomic mass is 16.5. The second kappa shape index (κ2) is 7.66. The minimum atomic E-state index is -0.507. The second-order valence-electron chi connectivity index (χ2n) is 6.76. The number of ether oxygens (including phenoxy) is 2. The maximum absolute atomic E-state index is 12.4. The van der Waals surface area contributed by atoms with Gasteiger partial charge in [0.05, 0.1) is 31.1 Å². The lowest BCUT2D eigenvalue weighted by Crippen LogP contribution is -2.37. The molecule has 0 radical (unpaired) electrons. The zero-order valence-electron chi connectivity index (χ0n) is 14.8. The average molecular weight is 334 g/mol. The molecule has 1 saturated heterocycles. The van der Waals surface area contributed by atoms with Crippen molar-refractivity contribution in [2.45, 2.75) is 27.7 Å². The van der Waals surface area contributed by atoms with Crippen molar-refractivity contribution in [3.63, 3.8) is 0 Å². The van der Waals surface area contributed by atoms with Gasteiger partial charge in [0, 0.05) is 24.2 Å². The molecule has 24 heavy (non-hydrogen) atoms. The van der Waals surface area contributed by atoms with Gasteiger partial charge in [0.2, 0.25) is 5.91 Å². The molecule has 6 heteroatoms. The van der Waals surface area contributed by atoms with Crippen molar-refractivity contribution in [1.29, 1.82) is 0 Å². The van der Waals surface area contributed by atoms with Crippen LogP contribution in [0.2, 0.25) is 0 Å². The van der Waals surface area contributed by atoms with E-state index in [2.05, 4.69) is 10.2 Å². The van der Waals surface area contributed by atoms with Crippen LogP contribution in [0.15, 0.2) is 18.2 Å². The average Bonchev–Trinajstić information content (AvgIpc) is 2.55. The summed E-state index contributed by atoms with van der Waals surface area (Å²) in [6.07, 6.45) is 0. The summed E-state index contributed by atoms with van der Waals surface area (Å²) in [5.41, 5.74) is 1.36. The van der Waals surface area contributed by atoms with E-state index in [1.54, 1.807) is 13.0 Å². The van der Waals surface area contributed by atoms with Gasteiger partial charge in [-0.2, -0.15) is 0 Å². The molecular formula is C18H26N2O4. The molecule has 1 aromatic carbocycles. The van der Waals surface area contributed by atoms with Crippen molar-refractivity contribution in [1.82, 2.24) is 0 Å². The lowest BCUT2D eigenvalue weighted by molar-refractivity contribution is -0.123. The summed E-state index contributed by atoms with van der Waals surface area (Å²) in [4.78, 5) is 26.6. The first-order valence-corrected chi connectivity index (χ1v) is 8.28. The highest BCUT2D eigenvalue weighted by Crippen LogP contribution is 2.27. The van der Waals surface area contributed by atoms with Gasteiger partial charge in [-0.15, -0.1) is 0 Å². The van der Waals surface area contributed by atoms with Gasteiger partial charge in [0.15, 0.2) is 0 Å². The Morgan fingerprint density at radius 1 is 1.25 bits per heavy atom. The number of benzene rings is 1. The maximum Gasteiger partial charge on any atom is 0.340 e. The molecule has 1 aliphatic rings. The lowest BCUT2D eigenvalue weighted by atomic mass is 9.95. The first-order valence-electron chi connectivity index (χ1n) is 8.28. The summed E-state index contributed by atoms with van der Waals surface area (Å²) < 4.78 is 10.5. The van der Waals surface area contributed by atoms with Crippen LogP contribution in [0.5, 0.6) is 0 Å². The van der Waals surface area contributed by atoms with Crippen molar-refractivity contribution in [2.75, 3.05) is 43.1 Å². The molecule has 2 rings (SSSR count). The molecular weight excluding hydrogens is 308 g/mol. The van der Waals surface area contributed by atoms with Gasteiger partial charge >= 0.3 is 5.97 Å². The Labute approximate surface area is 143 Å². The van der Waals surface area contributed by atoms with E-state index in [0.29, 0.717) is 31.1 Å². The number of nitrogens with zero attached hydrogens (tertiary/aromatic N) is 1. The minimum absolute atomic E-state index is 0.101. The van der Waals surface area contributed by atoms with Crippen LogP contribution in [0.4, 0.5) is 11.4 Å². The zero-order chi connectivity index (χ0) is 17.7. The number of hydrogen-bond acceptors (Lipinski definition) is 5. The van der Waals surface area contributed by atoms with Crippen molar-refractivity contribution in [2.24, 2.45) is 5.41 Å². The van der Waals surface area contributed by atoms with Crippen LogP contribution in [-0.2, 0) is 14.3 Å². The van der Waals surface area contributed by atoms with Crippen molar-refractivity contribution in [3.05, 3.63) is 23.8 Å². The molecule has 1 aromatic rings. The third kappa shape index (κ3) is 4.47. The maximum atomic E-state index is 12.4. The molecule has 6 nitrogen and oxygen atoms in total. The quantitative estimate of drug-likeness (QED) is 0.858. The summed E-state index contributed by atoms with van der Waals surface area (Å²) in [5, 5.41) is 2.86. The summed E-state index contributed by atoms with van der Waals surface area (Å²) in [6.45, 7) is 10.3. The first kappa shape index (κ1) is 18.3. The number of esters is 1. The largest absolute Gasteiger partial charge is 0.462 e. The Morgan fingerprint density at radius 2 is 1.92 bits per heavy atom. The van der Waals surface area contributed by atoms with Gasteiger partial charge in [-0.25, -0.2) is 4.79 Å². The third-order valence-electron chi connectivity index (χ3n) is 3.78. The van der Waals surface area contributed by atoms with Crippen molar-refractivity contribution in [3.8, 4) is 0 Å². The fourth-order valence-corrected chi connectivity index (χ4v) is 2.38. The predicted octanol–water partition coefficient (Wildman–Crippen LogP) is 2.68. The summed E-state index contributed by atoms with van der Waals surface area (Å²) >= 11 is 0. The van der Waals surface area contributed by atoms with E-state index in [0.717, 1.165) is 18.8 Å². The fraction of sp³-hybridized carbons (Fsp3) is 0.556. The van der Waals surface area contributed by atoms with Gasteiger partial charge in [-0.3, -0.25) is 4.79 Å². The topological polar surface area (TPSA) is 67.9 Å². The van der Waals surface area contributed by atoms with Gasteiger partial charge in [0.25, 0.3) is 0 Å². The number of amides is 1. The van der Waals surface area contributed by atoms with Crippen LogP contribution < -0.4 is 10.2 Å². The molecule has 0 bridgehead atoms. The normalized spacial score (nSPS) is 15.1. The number of carbonyl (C=O) groups excluding carboxylic acids is 2. The Kier molecular flexibility index (Phi) is 5.83. The number of rotatable bonds is 4. The van der Waals surface area contributed by atoms with E-state index < -0.39 is 5.41 Å². The Bertz CT molecular complexity index is 602. The molecule has 0 saturated carbocycles. The summed E-state index contributed by atoms with van der Waals surface area (Å²) in [6, 6.07) is 5.36. The third-order valence-corrected chi connectivity index (χ3v) is 3.78. The SMILES string of the molecule is CCOC(=O)c1cc(NC(=O)C(C)(C)C)ccc1N1CCOCC1. The van der Waals surface area contributed by atoms with Crippen LogP contribution in [0.3, 0.4) is 0 Å². The van der Waals surface area contributed by atoms with Crippen LogP contribution in [0, 0.1) is 5.41 Å². The van der Waals surface area contributed by atoms with E-state index in [4.69, 9.17) is 9.47 Å². The summed E-state index contributed by atoms with van der Waals surface area (Å²) in [7, 11) is 0. The molecule has 1 aliphatic heterocycles. The molecule has 0 atom stereocenters. The van der Waals surface area contributed by atoms with Crippen LogP contribution in [0.1, 0.15) is 38.1 Å². The van der Waals surface area contributed by atoms with Crippen molar-refractivity contribution >= 4 is 23.3 Å². The molecule has 1 fully saturated rings. The van der Waals surface area contributed by atoms with Crippen LogP contribution >= 0.6 is 0 Å². The van der Waals surface area contributed by atoms with Crippen LogP contribution in [-0.4, -0.2) is 44.8 Å². The molecule has 1 heterocycles. The number of carbonyl (C=O) groups is 2. The highest BCUT2D eigenvalue weighted by molar-refractivity contribution is 6.00. The molecule has 1 N–H and O–H groups in total. The molecule has 0 aliphatic carbocycles. The van der Waals surface area contributed by atoms with E-state index >= 15 is 0 Å². The number of nitrogens with one attached hydrogen (secondary N) is 1. The summed E-state index contributed by atoms with van der Waals surface area (Å²) in [5.74, 6) is -0.484. The van der Waals surface area contributed by atoms with E-state index in [9.17, 15) is 9.59 Å². The number of anilines is 2. The highest BCUT2D eigenvalue weighted by Gasteiger charge is 2.24. The standard InChI is InChI=1S/C18H26N2O4/c1-5-24-16(21)14-12-13(19-17(22)18(2,3)4)6-7-15(14)20-8-10-23-11-9-20/h6-7,12H,5,8-11H2,1-4H3,(H,19,22). The Morgan fingerprint density at radius 3 is 2.50 bits per heavy atom. The molecule has 132 valence electrons. The van der Waals surface area contributed by atoms with Crippen LogP contribution in [0.25, 0.3) is 0 Å². The number of morpholine rings is 1. The van der Waals surface area contributed by atoms with Gasteiger partial charge < -0.3 is 19.7 Å². The molecule has 1 amide bonds. The predicted molar refractivity (Wildman–Crippen MR) is 93.5 cm³/mol. The smallest absolute Gasteiger partial charge is 0.340 e. The van der Waals surface area contributed by atoms with Gasteiger partial charge in [-0.1, -0.05) is 20.8 Å². The van der Waals surface area contributed by atoms with E-state index in [1.807, 2.05) is 32.9 Å². The fourth-order valence-electron chi connectivity index (χ4n) is 2.38. The monoisotopic (exact) mass is 334 g/mol. The second-order valence-corrected chi connectivity index (χ2v) is 6.76.